The summed E-state index contributed by atoms with van der Waals surface area (Å²) < 4.78 is 5.84. The van der Waals surface area contributed by atoms with Gasteiger partial charge in [-0.25, -0.2) is 0 Å². The van der Waals surface area contributed by atoms with Gasteiger partial charge in [-0.15, -0.1) is 0 Å². The van der Waals surface area contributed by atoms with Crippen LogP contribution in [0.15, 0.2) is 40.9 Å². The summed E-state index contributed by atoms with van der Waals surface area (Å²) in [5.74, 6) is 0.637. The maximum absolute atomic E-state index is 10.9. The van der Waals surface area contributed by atoms with Crippen LogP contribution in [-0.4, -0.2) is 10.0 Å². The molecule has 0 saturated heterocycles. The lowest BCUT2D eigenvalue weighted by Crippen LogP contribution is -1.94. The van der Waals surface area contributed by atoms with Crippen molar-refractivity contribution < 1.29 is 14.8 Å². The zero-order valence-corrected chi connectivity index (χ0v) is 13.3. The van der Waals surface area contributed by atoms with Gasteiger partial charge < -0.3 is 9.84 Å². The van der Waals surface area contributed by atoms with Crippen molar-refractivity contribution in [3.63, 3.8) is 0 Å². The number of aliphatic hydroxyl groups is 1. The molecule has 0 fully saturated rings. The van der Waals surface area contributed by atoms with E-state index in [-0.39, 0.29) is 15.9 Å². The van der Waals surface area contributed by atoms with Crippen LogP contribution in [0.5, 0.6) is 11.5 Å². The number of nitrogens with zero attached hydrogens (tertiary/aromatic N) is 1. The van der Waals surface area contributed by atoms with E-state index >= 15 is 0 Å². The molecule has 0 aromatic heterocycles. The van der Waals surface area contributed by atoms with Gasteiger partial charge in [0.25, 0.3) is 5.69 Å². The minimum Gasteiger partial charge on any atom is -0.454 e. The van der Waals surface area contributed by atoms with Crippen LogP contribution in [0.4, 0.5) is 5.69 Å². The second kappa shape index (κ2) is 6.43. The molecule has 0 spiro atoms. The number of ether oxygens (including phenoxy) is 1. The fourth-order valence-electron chi connectivity index (χ4n) is 1.70. The maximum atomic E-state index is 10.9. The summed E-state index contributed by atoms with van der Waals surface area (Å²) in [7, 11) is 0. The van der Waals surface area contributed by atoms with Gasteiger partial charge in [-0.2, -0.15) is 0 Å². The third kappa shape index (κ3) is 3.53. The van der Waals surface area contributed by atoms with Crippen LogP contribution in [0, 0.1) is 10.1 Å². The Morgan fingerprint density at radius 1 is 1.33 bits per heavy atom. The third-order valence-electron chi connectivity index (χ3n) is 2.80. The van der Waals surface area contributed by atoms with Gasteiger partial charge in [0.05, 0.1) is 16.0 Å². The molecule has 2 aromatic rings. The molecule has 0 saturated carbocycles. The molecule has 110 valence electrons. The first-order valence-corrected chi connectivity index (χ1v) is 7.15. The van der Waals surface area contributed by atoms with Gasteiger partial charge in [0, 0.05) is 6.07 Å². The summed E-state index contributed by atoms with van der Waals surface area (Å²) in [6.07, 6.45) is -0.638. The first kappa shape index (κ1) is 15.8. The molecule has 1 N–H and O–H groups in total. The monoisotopic (exact) mass is 371 g/mol. The number of rotatable bonds is 4. The Bertz CT molecular complexity index is 691. The summed E-state index contributed by atoms with van der Waals surface area (Å²) in [6.45, 7) is 1.63. The highest BCUT2D eigenvalue weighted by Gasteiger charge is 2.17. The number of hydrogen-bond acceptors (Lipinski definition) is 4. The van der Waals surface area contributed by atoms with Crippen LogP contribution in [0.1, 0.15) is 18.6 Å². The highest BCUT2D eigenvalue weighted by molar-refractivity contribution is 9.10. The number of halogens is 2. The van der Waals surface area contributed by atoms with Crippen LogP contribution < -0.4 is 4.74 Å². The van der Waals surface area contributed by atoms with Crippen LogP contribution >= 0.6 is 27.5 Å². The Balaban J connectivity index is 2.35. The normalized spacial score (nSPS) is 12.0. The van der Waals surface area contributed by atoms with Crippen LogP contribution in [0.2, 0.25) is 5.02 Å². The van der Waals surface area contributed by atoms with E-state index < -0.39 is 11.0 Å². The van der Waals surface area contributed by atoms with Crippen molar-refractivity contribution in [2.75, 3.05) is 0 Å². The minimum atomic E-state index is -0.638. The predicted molar refractivity (Wildman–Crippen MR) is 83.0 cm³/mol. The van der Waals surface area contributed by atoms with Crippen LogP contribution in [0.3, 0.4) is 0 Å². The average Bonchev–Trinajstić information content (AvgIpc) is 2.42. The molecule has 0 bridgehead atoms. The quantitative estimate of drug-likeness (QED) is 0.614. The molecule has 5 nitrogen and oxygen atoms in total. The first-order valence-electron chi connectivity index (χ1n) is 5.98. The average molecular weight is 373 g/mol. The van der Waals surface area contributed by atoms with E-state index in [0.717, 1.165) is 0 Å². The molecule has 0 aliphatic rings. The summed E-state index contributed by atoms with van der Waals surface area (Å²) in [5.41, 5.74) is 0.565. The second-order valence-electron chi connectivity index (χ2n) is 4.31. The summed E-state index contributed by atoms with van der Waals surface area (Å²) in [5, 5.41) is 20.7. The van der Waals surface area contributed by atoms with Crippen molar-refractivity contribution in [3.05, 3.63) is 61.6 Å². The molecular formula is C14H11BrClNO4. The van der Waals surface area contributed by atoms with E-state index in [1.54, 1.807) is 31.2 Å². The number of benzene rings is 2. The van der Waals surface area contributed by atoms with E-state index in [0.29, 0.717) is 16.3 Å². The van der Waals surface area contributed by atoms with Gasteiger partial charge in [-0.1, -0.05) is 23.7 Å². The first-order chi connectivity index (χ1) is 9.90. The Morgan fingerprint density at radius 2 is 2.05 bits per heavy atom. The van der Waals surface area contributed by atoms with Gasteiger partial charge >= 0.3 is 0 Å². The summed E-state index contributed by atoms with van der Waals surface area (Å²) in [4.78, 5) is 10.4. The van der Waals surface area contributed by atoms with Crippen molar-refractivity contribution in [2.45, 2.75) is 13.0 Å². The standard InChI is InChI=1S/C14H11BrClNO4/c1-8(18)9-5-6-12(10(16)7-9)21-13-4-2-3-11(14(13)15)17(19)20/h2-8,18H,1H3. The fourth-order valence-corrected chi connectivity index (χ4v) is 2.41. The zero-order valence-electron chi connectivity index (χ0n) is 10.9. The van der Waals surface area contributed by atoms with Gasteiger partial charge in [0.15, 0.2) is 0 Å². The molecule has 1 atom stereocenters. The van der Waals surface area contributed by atoms with E-state index in [4.69, 9.17) is 16.3 Å². The van der Waals surface area contributed by atoms with E-state index in [9.17, 15) is 15.2 Å². The fraction of sp³-hybridized carbons (Fsp3) is 0.143. The van der Waals surface area contributed by atoms with Crippen LogP contribution in [-0.2, 0) is 0 Å². The number of hydrogen-bond donors (Lipinski definition) is 1. The number of nitro benzene ring substituents is 1. The van der Waals surface area contributed by atoms with Gasteiger partial charge in [0.1, 0.15) is 16.0 Å². The third-order valence-corrected chi connectivity index (χ3v) is 3.89. The van der Waals surface area contributed by atoms with Gasteiger partial charge in [-0.05, 0) is 46.6 Å². The lowest BCUT2D eigenvalue weighted by atomic mass is 10.1. The van der Waals surface area contributed by atoms with Crippen molar-refractivity contribution in [1.82, 2.24) is 0 Å². The number of nitro groups is 1. The summed E-state index contributed by atoms with van der Waals surface area (Å²) in [6, 6.07) is 9.36. The molecule has 0 amide bonds. The van der Waals surface area contributed by atoms with Crippen LogP contribution in [0.25, 0.3) is 0 Å². The second-order valence-corrected chi connectivity index (χ2v) is 5.51. The van der Waals surface area contributed by atoms with Gasteiger partial charge in [-0.3, -0.25) is 10.1 Å². The SMILES string of the molecule is CC(O)c1ccc(Oc2cccc([N+](=O)[O-])c2Br)c(Cl)c1. The molecule has 2 aromatic carbocycles. The Hall–Kier alpha value is -1.63. The topological polar surface area (TPSA) is 72.6 Å². The van der Waals surface area contributed by atoms with Crippen molar-refractivity contribution >= 4 is 33.2 Å². The molecule has 0 radical (unpaired) electrons. The van der Waals surface area contributed by atoms with Crippen molar-refractivity contribution in [3.8, 4) is 11.5 Å². The molecule has 21 heavy (non-hydrogen) atoms. The Morgan fingerprint density at radius 3 is 2.62 bits per heavy atom. The molecule has 0 aliphatic heterocycles. The smallest absolute Gasteiger partial charge is 0.287 e. The maximum Gasteiger partial charge on any atom is 0.287 e. The lowest BCUT2D eigenvalue weighted by Gasteiger charge is -2.11. The molecule has 2 rings (SSSR count). The highest BCUT2D eigenvalue weighted by Crippen LogP contribution is 2.38. The van der Waals surface area contributed by atoms with E-state index in [1.807, 2.05) is 0 Å². The van der Waals surface area contributed by atoms with E-state index in [1.165, 1.54) is 12.1 Å². The Kier molecular flexibility index (Phi) is 4.82. The lowest BCUT2D eigenvalue weighted by molar-refractivity contribution is -0.385. The summed E-state index contributed by atoms with van der Waals surface area (Å²) >= 11 is 9.24. The largest absolute Gasteiger partial charge is 0.454 e. The molecule has 0 aliphatic carbocycles. The molecule has 1 unspecified atom stereocenters. The zero-order chi connectivity index (χ0) is 15.6. The predicted octanol–water partition coefficient (Wildman–Crippen LogP) is 4.86. The van der Waals surface area contributed by atoms with Gasteiger partial charge in [0.2, 0.25) is 0 Å². The molecular weight excluding hydrogens is 362 g/mol. The van der Waals surface area contributed by atoms with E-state index in [2.05, 4.69) is 15.9 Å². The van der Waals surface area contributed by atoms with Crippen molar-refractivity contribution in [1.29, 1.82) is 0 Å². The number of aliphatic hydroxyl groups excluding tert-OH is 1. The molecule has 7 heteroatoms. The highest BCUT2D eigenvalue weighted by atomic mass is 79.9. The molecule has 0 heterocycles. The minimum absolute atomic E-state index is 0.0933. The van der Waals surface area contributed by atoms with Crippen molar-refractivity contribution in [2.24, 2.45) is 0 Å². The Labute approximate surface area is 134 Å².